The smallest absolute Gasteiger partial charge is 0.273 e. The summed E-state index contributed by atoms with van der Waals surface area (Å²) >= 11 is 0. The number of nitrogen functional groups attached to an aromatic ring is 1. The quantitative estimate of drug-likeness (QED) is 0.767. The van der Waals surface area contributed by atoms with Crippen molar-refractivity contribution in [2.45, 2.75) is 0 Å². The van der Waals surface area contributed by atoms with Gasteiger partial charge in [0.25, 0.3) is 5.91 Å². The van der Waals surface area contributed by atoms with Gasteiger partial charge in [-0.1, -0.05) is 0 Å². The van der Waals surface area contributed by atoms with Crippen molar-refractivity contribution in [2.75, 3.05) is 18.2 Å². The highest BCUT2D eigenvalue weighted by Gasteiger charge is 2.10. The summed E-state index contributed by atoms with van der Waals surface area (Å²) in [5.74, 6) is -0.692. The Kier molecular flexibility index (Phi) is 3.13. The average molecular weight is 250 g/mol. The number of nitrogens with zero attached hydrogens (tertiary/aromatic N) is 1. The van der Waals surface area contributed by atoms with Gasteiger partial charge in [0.1, 0.15) is 11.5 Å². The number of nitrogens with one attached hydrogen (secondary N) is 2. The SMILES string of the molecule is COc1ccc(NC(=O)c2cc(N)n[nH]2)cc1F. The maximum Gasteiger partial charge on any atom is 0.273 e. The molecule has 1 amide bonds. The molecule has 0 atom stereocenters. The molecule has 0 saturated heterocycles. The summed E-state index contributed by atoms with van der Waals surface area (Å²) in [4.78, 5) is 11.7. The van der Waals surface area contributed by atoms with Crippen molar-refractivity contribution in [1.82, 2.24) is 10.2 Å². The fourth-order valence-corrected chi connectivity index (χ4v) is 1.40. The summed E-state index contributed by atoms with van der Waals surface area (Å²) in [7, 11) is 1.37. The first-order valence-electron chi connectivity index (χ1n) is 5.06. The first-order valence-corrected chi connectivity index (χ1v) is 5.06. The van der Waals surface area contributed by atoms with E-state index in [-0.39, 0.29) is 17.3 Å². The van der Waals surface area contributed by atoms with Crippen LogP contribution in [-0.4, -0.2) is 23.2 Å². The van der Waals surface area contributed by atoms with Crippen LogP contribution in [0.1, 0.15) is 10.5 Å². The van der Waals surface area contributed by atoms with Crippen LogP contribution in [-0.2, 0) is 0 Å². The summed E-state index contributed by atoms with van der Waals surface area (Å²) in [5, 5.41) is 8.58. The molecular formula is C11H11FN4O2. The van der Waals surface area contributed by atoms with Crippen molar-refractivity contribution in [1.29, 1.82) is 0 Å². The summed E-state index contributed by atoms with van der Waals surface area (Å²) in [6.07, 6.45) is 0. The van der Waals surface area contributed by atoms with E-state index in [0.717, 1.165) is 6.07 Å². The fourth-order valence-electron chi connectivity index (χ4n) is 1.40. The Bertz CT molecular complexity index is 582. The monoisotopic (exact) mass is 250 g/mol. The number of rotatable bonds is 3. The minimum atomic E-state index is -0.556. The normalized spacial score (nSPS) is 10.1. The van der Waals surface area contributed by atoms with Gasteiger partial charge in [-0.15, -0.1) is 0 Å². The zero-order valence-electron chi connectivity index (χ0n) is 9.53. The molecule has 7 heteroatoms. The highest BCUT2D eigenvalue weighted by atomic mass is 19.1. The van der Waals surface area contributed by atoms with Crippen LogP contribution in [0.2, 0.25) is 0 Å². The zero-order chi connectivity index (χ0) is 13.1. The molecule has 0 radical (unpaired) electrons. The van der Waals surface area contributed by atoms with Crippen LogP contribution in [0.15, 0.2) is 24.3 Å². The molecular weight excluding hydrogens is 239 g/mol. The third kappa shape index (κ3) is 2.40. The van der Waals surface area contributed by atoms with Crippen molar-refractivity contribution in [3.05, 3.63) is 35.8 Å². The van der Waals surface area contributed by atoms with Crippen molar-refractivity contribution < 1.29 is 13.9 Å². The van der Waals surface area contributed by atoms with Gasteiger partial charge in [-0.2, -0.15) is 5.10 Å². The number of aromatic nitrogens is 2. The van der Waals surface area contributed by atoms with E-state index in [2.05, 4.69) is 15.5 Å². The Morgan fingerprint density at radius 2 is 2.28 bits per heavy atom. The third-order valence-corrected chi connectivity index (χ3v) is 2.25. The van der Waals surface area contributed by atoms with Crippen molar-refractivity contribution in [3.63, 3.8) is 0 Å². The lowest BCUT2D eigenvalue weighted by Gasteiger charge is -2.06. The number of halogens is 1. The van der Waals surface area contributed by atoms with Crippen molar-refractivity contribution in [2.24, 2.45) is 0 Å². The lowest BCUT2D eigenvalue weighted by atomic mass is 10.2. The van der Waals surface area contributed by atoms with Crippen LogP contribution < -0.4 is 15.8 Å². The zero-order valence-corrected chi connectivity index (χ0v) is 9.53. The molecule has 0 aliphatic carbocycles. The first kappa shape index (κ1) is 11.9. The minimum absolute atomic E-state index is 0.110. The van der Waals surface area contributed by atoms with Gasteiger partial charge in [0.2, 0.25) is 0 Å². The molecule has 1 aromatic carbocycles. The Balaban J connectivity index is 2.14. The van der Waals surface area contributed by atoms with Crippen LogP contribution in [0.3, 0.4) is 0 Å². The van der Waals surface area contributed by atoms with Crippen LogP contribution in [0.25, 0.3) is 0 Å². The number of benzene rings is 1. The molecule has 94 valence electrons. The van der Waals surface area contributed by atoms with Crippen LogP contribution in [0.4, 0.5) is 15.9 Å². The Labute approximate surface area is 102 Å². The first-order chi connectivity index (χ1) is 8.60. The molecule has 0 aliphatic rings. The number of methoxy groups -OCH3 is 1. The number of carbonyl (C=O) groups is 1. The highest BCUT2D eigenvalue weighted by Crippen LogP contribution is 2.20. The number of aromatic amines is 1. The molecule has 6 nitrogen and oxygen atoms in total. The maximum atomic E-state index is 13.4. The van der Waals surface area contributed by atoms with Gasteiger partial charge >= 0.3 is 0 Å². The second-order valence-corrected chi connectivity index (χ2v) is 3.51. The second-order valence-electron chi connectivity index (χ2n) is 3.51. The highest BCUT2D eigenvalue weighted by molar-refractivity contribution is 6.03. The van der Waals surface area contributed by atoms with Crippen molar-refractivity contribution in [3.8, 4) is 5.75 Å². The van der Waals surface area contributed by atoms with E-state index in [9.17, 15) is 9.18 Å². The summed E-state index contributed by atoms with van der Waals surface area (Å²) in [5.41, 5.74) is 5.88. The number of ether oxygens (including phenoxy) is 1. The largest absolute Gasteiger partial charge is 0.494 e. The molecule has 0 unspecified atom stereocenters. The molecule has 0 aliphatic heterocycles. The molecule has 2 aromatic rings. The number of H-pyrrole nitrogens is 1. The summed E-state index contributed by atoms with van der Waals surface area (Å²) in [6.45, 7) is 0. The summed E-state index contributed by atoms with van der Waals surface area (Å²) in [6, 6.07) is 5.50. The van der Waals surface area contributed by atoms with E-state index < -0.39 is 11.7 Å². The van der Waals surface area contributed by atoms with E-state index in [0.29, 0.717) is 5.69 Å². The molecule has 2 rings (SSSR count). The predicted octanol–water partition coefficient (Wildman–Crippen LogP) is 1.39. The molecule has 0 fully saturated rings. The number of amides is 1. The van der Waals surface area contributed by atoms with Gasteiger partial charge in [-0.3, -0.25) is 9.89 Å². The fraction of sp³-hybridized carbons (Fsp3) is 0.0909. The molecule has 0 saturated carbocycles. The minimum Gasteiger partial charge on any atom is -0.494 e. The number of hydrogen-bond donors (Lipinski definition) is 3. The van der Waals surface area contributed by atoms with E-state index in [1.54, 1.807) is 0 Å². The van der Waals surface area contributed by atoms with Crippen molar-refractivity contribution >= 4 is 17.4 Å². The van der Waals surface area contributed by atoms with Gasteiger partial charge in [0.15, 0.2) is 11.6 Å². The van der Waals surface area contributed by atoms with Crippen LogP contribution in [0, 0.1) is 5.82 Å². The van der Waals surface area contributed by atoms with Gasteiger partial charge in [-0.25, -0.2) is 4.39 Å². The van der Waals surface area contributed by atoms with Gasteiger partial charge in [0, 0.05) is 17.8 Å². The summed E-state index contributed by atoms with van der Waals surface area (Å²) < 4.78 is 18.2. The average Bonchev–Trinajstić information content (AvgIpc) is 2.76. The maximum absolute atomic E-state index is 13.4. The van der Waals surface area contributed by atoms with Gasteiger partial charge < -0.3 is 15.8 Å². The Hall–Kier alpha value is -2.57. The molecule has 0 bridgehead atoms. The Morgan fingerprint density at radius 3 is 2.83 bits per heavy atom. The third-order valence-electron chi connectivity index (χ3n) is 2.25. The lowest BCUT2D eigenvalue weighted by Crippen LogP contribution is -2.12. The van der Waals surface area contributed by atoms with E-state index in [4.69, 9.17) is 10.5 Å². The predicted molar refractivity (Wildman–Crippen MR) is 63.9 cm³/mol. The lowest BCUT2D eigenvalue weighted by molar-refractivity contribution is 0.102. The standard InChI is InChI=1S/C11H11FN4O2/c1-18-9-3-2-6(4-7(9)12)14-11(17)8-5-10(13)16-15-8/h2-5H,1H3,(H,14,17)(H3,13,15,16). The van der Waals surface area contributed by atoms with Gasteiger partial charge in [0.05, 0.1) is 7.11 Å². The van der Waals surface area contributed by atoms with Crippen LogP contribution in [0.5, 0.6) is 5.75 Å². The number of nitrogens with two attached hydrogens (primary N) is 1. The molecule has 4 N–H and O–H groups in total. The van der Waals surface area contributed by atoms with E-state index >= 15 is 0 Å². The molecule has 0 spiro atoms. The molecule has 1 heterocycles. The number of carbonyl (C=O) groups excluding carboxylic acids is 1. The Morgan fingerprint density at radius 1 is 1.50 bits per heavy atom. The van der Waals surface area contributed by atoms with Crippen LogP contribution >= 0.6 is 0 Å². The van der Waals surface area contributed by atoms with E-state index in [1.165, 1.54) is 25.3 Å². The van der Waals surface area contributed by atoms with E-state index in [1.807, 2.05) is 0 Å². The second kappa shape index (κ2) is 4.74. The number of hydrogen-bond acceptors (Lipinski definition) is 4. The topological polar surface area (TPSA) is 93.0 Å². The molecule has 1 aromatic heterocycles. The van der Waals surface area contributed by atoms with Gasteiger partial charge in [-0.05, 0) is 12.1 Å². The molecule has 18 heavy (non-hydrogen) atoms. The number of anilines is 2.